The van der Waals surface area contributed by atoms with E-state index in [1.54, 1.807) is 30.3 Å². The van der Waals surface area contributed by atoms with Crippen LogP contribution >= 0.6 is 11.3 Å². The van der Waals surface area contributed by atoms with E-state index in [4.69, 9.17) is 9.47 Å². The second kappa shape index (κ2) is 7.97. The van der Waals surface area contributed by atoms with Crippen LogP contribution < -0.4 is 14.8 Å². The van der Waals surface area contributed by atoms with Crippen LogP contribution in [0.15, 0.2) is 48.5 Å². The summed E-state index contributed by atoms with van der Waals surface area (Å²) in [7, 11) is 1.54. The van der Waals surface area contributed by atoms with Gasteiger partial charge in [-0.2, -0.15) is 0 Å². The smallest absolute Gasteiger partial charge is 0.264 e. The number of rotatable bonds is 6. The molecule has 1 amide bonds. The van der Waals surface area contributed by atoms with Crippen molar-refractivity contribution in [3.05, 3.63) is 59.2 Å². The number of methoxy groups -OCH3 is 1. The Hall–Kier alpha value is -2.93. The summed E-state index contributed by atoms with van der Waals surface area (Å²) in [6.07, 6.45) is 0. The molecule has 0 aliphatic rings. The summed E-state index contributed by atoms with van der Waals surface area (Å²) < 4.78 is 23.7. The average molecular weight is 372 g/mol. The fourth-order valence-corrected chi connectivity index (χ4v) is 3.21. The number of amides is 1. The summed E-state index contributed by atoms with van der Waals surface area (Å²) >= 11 is 1.35. The van der Waals surface area contributed by atoms with E-state index < -0.39 is 0 Å². The largest absolute Gasteiger partial charge is 0.493 e. The molecule has 0 saturated heterocycles. The van der Waals surface area contributed by atoms with E-state index in [2.05, 4.69) is 10.3 Å². The number of aromatic nitrogens is 1. The molecule has 1 heterocycles. The summed E-state index contributed by atoms with van der Waals surface area (Å²) in [4.78, 5) is 17.5. The van der Waals surface area contributed by atoms with E-state index in [9.17, 15) is 9.18 Å². The lowest BCUT2D eigenvalue weighted by Crippen LogP contribution is -2.20. The number of nitrogens with zero attached hydrogens (tertiary/aromatic N) is 1. The molecule has 5 nitrogen and oxygen atoms in total. The number of anilines is 1. The van der Waals surface area contributed by atoms with Gasteiger partial charge in [-0.05, 0) is 43.3 Å². The highest BCUT2D eigenvalue weighted by molar-refractivity contribution is 7.16. The number of nitrogens with one attached hydrogen (secondary N) is 1. The predicted octanol–water partition coefficient (Wildman–Crippen LogP) is 4.28. The second-order valence-electron chi connectivity index (χ2n) is 5.42. The van der Waals surface area contributed by atoms with Crippen LogP contribution in [0.4, 0.5) is 9.52 Å². The van der Waals surface area contributed by atoms with Crippen molar-refractivity contribution in [2.24, 2.45) is 0 Å². The Bertz CT molecular complexity index is 909. The fourth-order valence-electron chi connectivity index (χ4n) is 2.36. The van der Waals surface area contributed by atoms with Crippen LogP contribution in [-0.4, -0.2) is 24.6 Å². The lowest BCUT2D eigenvalue weighted by Gasteiger charge is -2.09. The highest BCUT2D eigenvalue weighted by atomic mass is 32.1. The van der Waals surface area contributed by atoms with Crippen LogP contribution in [0.25, 0.3) is 11.3 Å². The van der Waals surface area contributed by atoms with Gasteiger partial charge >= 0.3 is 0 Å². The Morgan fingerprint density at radius 3 is 2.54 bits per heavy atom. The summed E-state index contributed by atoms with van der Waals surface area (Å²) in [5.41, 5.74) is 1.52. The maximum absolute atomic E-state index is 13.1. The molecule has 0 spiro atoms. The molecule has 0 aliphatic carbocycles. The van der Waals surface area contributed by atoms with Gasteiger partial charge in [-0.1, -0.05) is 12.1 Å². The monoisotopic (exact) mass is 372 g/mol. The lowest BCUT2D eigenvalue weighted by atomic mass is 10.1. The Kier molecular flexibility index (Phi) is 5.48. The van der Waals surface area contributed by atoms with Crippen molar-refractivity contribution in [1.82, 2.24) is 4.98 Å². The molecule has 0 atom stereocenters. The minimum absolute atomic E-state index is 0.162. The molecule has 7 heteroatoms. The molecular formula is C19H17FN2O3S. The van der Waals surface area contributed by atoms with Crippen molar-refractivity contribution in [3.8, 4) is 22.8 Å². The topological polar surface area (TPSA) is 60.5 Å². The van der Waals surface area contributed by atoms with E-state index >= 15 is 0 Å². The number of para-hydroxylation sites is 2. The zero-order valence-corrected chi connectivity index (χ0v) is 15.1. The van der Waals surface area contributed by atoms with Crippen LogP contribution in [0.5, 0.6) is 11.5 Å². The van der Waals surface area contributed by atoms with Crippen LogP contribution in [0, 0.1) is 12.7 Å². The van der Waals surface area contributed by atoms with Gasteiger partial charge in [-0.3, -0.25) is 10.1 Å². The molecular weight excluding hydrogens is 355 g/mol. The fraction of sp³-hybridized carbons (Fsp3) is 0.158. The van der Waals surface area contributed by atoms with Crippen molar-refractivity contribution in [2.45, 2.75) is 6.92 Å². The molecule has 1 aromatic heterocycles. The quantitative estimate of drug-likeness (QED) is 0.701. The molecule has 0 unspecified atom stereocenters. The Labute approximate surface area is 154 Å². The van der Waals surface area contributed by atoms with Crippen LogP contribution in [0.1, 0.15) is 4.88 Å². The molecule has 134 valence electrons. The molecule has 26 heavy (non-hydrogen) atoms. The van der Waals surface area contributed by atoms with Gasteiger partial charge in [0.05, 0.1) is 12.8 Å². The van der Waals surface area contributed by atoms with Gasteiger partial charge < -0.3 is 9.47 Å². The van der Waals surface area contributed by atoms with Crippen LogP contribution in [0.2, 0.25) is 0 Å². The third kappa shape index (κ3) is 4.18. The molecule has 0 radical (unpaired) electrons. The molecule has 3 rings (SSSR count). The Morgan fingerprint density at radius 2 is 1.85 bits per heavy atom. The first kappa shape index (κ1) is 17.9. The molecule has 2 aromatic carbocycles. The second-order valence-corrected chi connectivity index (χ2v) is 6.62. The summed E-state index contributed by atoms with van der Waals surface area (Å²) in [6, 6.07) is 13.2. The lowest BCUT2D eigenvalue weighted by molar-refractivity contribution is -0.118. The van der Waals surface area contributed by atoms with Gasteiger partial charge in [0.15, 0.2) is 23.2 Å². The van der Waals surface area contributed by atoms with Crippen molar-refractivity contribution in [2.75, 3.05) is 19.0 Å². The summed E-state index contributed by atoms with van der Waals surface area (Å²) in [5.74, 6) is 0.426. The number of ether oxygens (including phenoxy) is 2. The van der Waals surface area contributed by atoms with E-state index in [-0.39, 0.29) is 18.3 Å². The third-order valence-electron chi connectivity index (χ3n) is 3.59. The van der Waals surface area contributed by atoms with Crippen LogP contribution in [0.3, 0.4) is 0 Å². The first-order valence-corrected chi connectivity index (χ1v) is 8.67. The number of thiazole rings is 1. The molecule has 1 N–H and O–H groups in total. The molecule has 0 fully saturated rings. The van der Waals surface area contributed by atoms with Gasteiger partial charge in [0.2, 0.25) is 0 Å². The Balaban J connectivity index is 1.65. The molecule has 0 saturated carbocycles. The van der Waals surface area contributed by atoms with Crippen molar-refractivity contribution in [3.63, 3.8) is 0 Å². The number of aryl methyl sites for hydroxylation is 1. The maximum atomic E-state index is 13.1. The average Bonchev–Trinajstić information content (AvgIpc) is 3.01. The minimum Gasteiger partial charge on any atom is -0.493 e. The number of halogens is 1. The van der Waals surface area contributed by atoms with Gasteiger partial charge in [0, 0.05) is 10.4 Å². The molecule has 0 aliphatic heterocycles. The number of carbonyl (C=O) groups excluding carboxylic acids is 1. The molecule has 0 bridgehead atoms. The number of hydrogen-bond acceptors (Lipinski definition) is 5. The third-order valence-corrected chi connectivity index (χ3v) is 4.47. The maximum Gasteiger partial charge on any atom is 0.264 e. The zero-order valence-electron chi connectivity index (χ0n) is 14.3. The first-order chi connectivity index (χ1) is 12.6. The van der Waals surface area contributed by atoms with Crippen molar-refractivity contribution >= 4 is 22.4 Å². The summed E-state index contributed by atoms with van der Waals surface area (Å²) in [6.45, 7) is 1.74. The van der Waals surface area contributed by atoms with E-state index in [0.717, 1.165) is 16.1 Å². The molecule has 3 aromatic rings. The van der Waals surface area contributed by atoms with E-state index in [1.807, 2.05) is 13.0 Å². The number of benzene rings is 2. The predicted molar refractivity (Wildman–Crippen MR) is 99.4 cm³/mol. The summed E-state index contributed by atoms with van der Waals surface area (Å²) in [5, 5.41) is 3.19. The van der Waals surface area contributed by atoms with Gasteiger partial charge in [0.25, 0.3) is 5.91 Å². The number of carbonyl (C=O) groups is 1. The minimum atomic E-state index is -0.324. The van der Waals surface area contributed by atoms with E-state index in [1.165, 1.54) is 30.6 Å². The van der Waals surface area contributed by atoms with Crippen LogP contribution in [-0.2, 0) is 4.79 Å². The highest BCUT2D eigenvalue weighted by Crippen LogP contribution is 2.30. The standard InChI is InChI=1S/C19H17FN2O3S/c1-12-18(13-7-9-14(20)10-8-13)22-19(26-12)21-17(23)11-25-16-6-4-3-5-15(16)24-2/h3-10H,11H2,1-2H3,(H,21,22,23). The van der Waals surface area contributed by atoms with E-state index in [0.29, 0.717) is 16.6 Å². The van der Waals surface area contributed by atoms with Crippen molar-refractivity contribution < 1.29 is 18.7 Å². The SMILES string of the molecule is COc1ccccc1OCC(=O)Nc1nc(-c2ccc(F)cc2)c(C)s1. The van der Waals surface area contributed by atoms with Gasteiger partial charge in [-0.15, -0.1) is 11.3 Å². The van der Waals surface area contributed by atoms with Crippen molar-refractivity contribution in [1.29, 1.82) is 0 Å². The highest BCUT2D eigenvalue weighted by Gasteiger charge is 2.13. The normalized spacial score (nSPS) is 10.4. The number of hydrogen-bond donors (Lipinski definition) is 1. The van der Waals surface area contributed by atoms with Gasteiger partial charge in [-0.25, -0.2) is 9.37 Å². The van der Waals surface area contributed by atoms with Gasteiger partial charge in [0.1, 0.15) is 5.82 Å². The Morgan fingerprint density at radius 1 is 1.15 bits per heavy atom. The first-order valence-electron chi connectivity index (χ1n) is 7.86. The zero-order chi connectivity index (χ0) is 18.5.